The smallest absolute Gasteiger partial charge is 0.180 e. The summed E-state index contributed by atoms with van der Waals surface area (Å²) >= 11 is 27.2. The van der Waals surface area contributed by atoms with E-state index in [4.69, 9.17) is 46.4 Å². The second kappa shape index (κ2) is 3.64. The molecule has 5 aliphatic carbocycles. The summed E-state index contributed by atoms with van der Waals surface area (Å²) in [6.45, 7) is 0. The second-order valence-corrected chi connectivity index (χ2v) is 9.56. The Bertz CT molecular complexity index is 605. The predicted molar refractivity (Wildman–Crippen MR) is 85.8 cm³/mol. The third-order valence-electron chi connectivity index (χ3n) is 6.59. The number of carbonyl (C=O) groups excluding carboxylic acids is 2. The molecule has 0 aromatic carbocycles. The van der Waals surface area contributed by atoms with Crippen molar-refractivity contribution in [3.63, 3.8) is 0 Å². The molecule has 0 heterocycles. The van der Waals surface area contributed by atoms with Crippen LogP contribution in [0.25, 0.3) is 0 Å². The number of halogens is 4. The van der Waals surface area contributed by atoms with Crippen LogP contribution in [0.1, 0.15) is 12.8 Å². The maximum Gasteiger partial charge on any atom is 0.180 e. The molecule has 0 spiro atoms. The van der Waals surface area contributed by atoms with E-state index in [1.165, 1.54) is 0 Å². The lowest BCUT2D eigenvalue weighted by molar-refractivity contribution is -0.141. The number of hydrogen-bond acceptors (Lipinski definition) is 2. The van der Waals surface area contributed by atoms with Gasteiger partial charge >= 0.3 is 0 Å². The third kappa shape index (κ3) is 1.02. The lowest BCUT2D eigenvalue weighted by atomic mass is 9.58. The summed E-state index contributed by atoms with van der Waals surface area (Å²) in [6.07, 6.45) is 8.80. The lowest BCUT2D eigenvalue weighted by Crippen LogP contribution is -2.78. The summed E-state index contributed by atoms with van der Waals surface area (Å²) in [6, 6.07) is 0. The maximum atomic E-state index is 13.4. The molecule has 0 amide bonds. The summed E-state index contributed by atoms with van der Waals surface area (Å²) in [7, 11) is 0. The van der Waals surface area contributed by atoms with Crippen LogP contribution in [0.5, 0.6) is 0 Å². The average Bonchev–Trinajstić information content (AvgIpc) is 3.23. The lowest BCUT2D eigenvalue weighted by Gasteiger charge is -2.56. The molecule has 0 N–H and O–H groups in total. The molecule has 22 heavy (non-hydrogen) atoms. The van der Waals surface area contributed by atoms with E-state index in [9.17, 15) is 9.59 Å². The van der Waals surface area contributed by atoms with E-state index in [0.29, 0.717) is 12.8 Å². The van der Waals surface area contributed by atoms with Crippen LogP contribution in [0.2, 0.25) is 0 Å². The summed E-state index contributed by atoms with van der Waals surface area (Å²) in [5, 5.41) is 0. The number of Topliss-reactive ketones (excluding diaryl/α,β-unsaturated/α-hetero) is 2. The molecule has 0 aliphatic heterocycles. The topological polar surface area (TPSA) is 34.1 Å². The Kier molecular flexibility index (Phi) is 2.37. The highest BCUT2D eigenvalue weighted by Gasteiger charge is 2.87. The SMILES string of the molecule is O=C1[C@@]2(Cl)[C@H]3C=C[C@@H](C3)[C@@]2(Cl)C(=O)[C@]2(Cl)[C@H]3C=C[C@@H](C3)[C@]12Cl. The first-order valence-electron chi connectivity index (χ1n) is 7.45. The number of allylic oxidation sites excluding steroid dienone is 4. The zero-order valence-corrected chi connectivity index (χ0v) is 14.4. The van der Waals surface area contributed by atoms with Gasteiger partial charge in [-0.3, -0.25) is 9.59 Å². The Morgan fingerprint density at radius 1 is 0.636 bits per heavy atom. The quantitative estimate of drug-likeness (QED) is 0.478. The highest BCUT2D eigenvalue weighted by Crippen LogP contribution is 2.73. The largest absolute Gasteiger partial charge is 0.295 e. The zero-order chi connectivity index (χ0) is 15.7. The van der Waals surface area contributed by atoms with E-state index in [-0.39, 0.29) is 35.2 Å². The molecule has 0 aromatic rings. The van der Waals surface area contributed by atoms with Crippen LogP contribution in [0.3, 0.4) is 0 Å². The minimum Gasteiger partial charge on any atom is -0.295 e. The van der Waals surface area contributed by atoms with Crippen molar-refractivity contribution in [3.05, 3.63) is 24.3 Å². The molecule has 0 saturated heterocycles. The van der Waals surface area contributed by atoms with Gasteiger partial charge in [-0.15, -0.1) is 46.4 Å². The first-order valence-corrected chi connectivity index (χ1v) is 8.96. The zero-order valence-electron chi connectivity index (χ0n) is 11.4. The van der Waals surface area contributed by atoms with Crippen LogP contribution in [0.4, 0.5) is 0 Å². The Hall–Kier alpha value is -0.0200. The normalized spacial score (nSPS) is 63.6. The number of rotatable bonds is 0. The van der Waals surface area contributed by atoms with Crippen LogP contribution in [0, 0.1) is 23.7 Å². The van der Waals surface area contributed by atoms with Crippen LogP contribution >= 0.6 is 46.4 Å². The van der Waals surface area contributed by atoms with Crippen molar-refractivity contribution in [2.45, 2.75) is 32.3 Å². The van der Waals surface area contributed by atoms with Gasteiger partial charge in [0.1, 0.15) is 19.5 Å². The van der Waals surface area contributed by atoms with Crippen LogP contribution in [-0.2, 0) is 9.59 Å². The van der Waals surface area contributed by atoms with Crippen LogP contribution in [-0.4, -0.2) is 31.1 Å². The van der Waals surface area contributed by atoms with Gasteiger partial charge in [0, 0.05) is 23.7 Å². The van der Waals surface area contributed by atoms with Gasteiger partial charge in [0.05, 0.1) is 0 Å². The second-order valence-electron chi connectivity index (χ2n) is 7.17. The average molecular weight is 378 g/mol. The molecule has 0 unspecified atom stereocenters. The van der Waals surface area contributed by atoms with Crippen molar-refractivity contribution in [3.8, 4) is 0 Å². The van der Waals surface area contributed by atoms with Gasteiger partial charge in [0.25, 0.3) is 0 Å². The molecular formula is C16H12Cl4O2. The maximum absolute atomic E-state index is 13.4. The molecule has 3 fully saturated rings. The minimum absolute atomic E-state index is 0.256. The predicted octanol–water partition coefficient (Wildman–Crippen LogP) is 3.46. The summed E-state index contributed by atoms with van der Waals surface area (Å²) in [4.78, 5) is 20.9. The van der Waals surface area contributed by atoms with Crippen molar-refractivity contribution in [1.29, 1.82) is 0 Å². The van der Waals surface area contributed by atoms with Crippen molar-refractivity contribution in [2.24, 2.45) is 23.7 Å². The summed E-state index contributed by atoms with van der Waals surface area (Å²) in [5.41, 5.74) is 0. The van der Waals surface area contributed by atoms with Gasteiger partial charge in [0.15, 0.2) is 11.6 Å². The molecule has 0 radical (unpaired) electrons. The molecule has 5 aliphatic rings. The fourth-order valence-corrected chi connectivity index (χ4v) is 7.77. The van der Waals surface area contributed by atoms with Crippen molar-refractivity contribution in [2.75, 3.05) is 0 Å². The molecule has 2 nitrogen and oxygen atoms in total. The number of carbonyl (C=O) groups is 2. The minimum atomic E-state index is -1.48. The standard InChI is InChI=1S/C16H12Cl4O2/c17-13-7-1-2-8(5-7)14(13,18)12(22)16(20)10-4-3-9(6-10)15(16,19)11(13)21/h1-4,7-10H,5-6H2/t7-,8-,9-,10-,13-,14+,15-,16+/m0/s1. The number of ketones is 2. The molecule has 0 aromatic heterocycles. The fraction of sp³-hybridized carbons (Fsp3) is 0.625. The summed E-state index contributed by atoms with van der Waals surface area (Å²) < 4.78 is 0. The molecule has 6 heteroatoms. The van der Waals surface area contributed by atoms with E-state index in [1.54, 1.807) is 0 Å². The van der Waals surface area contributed by atoms with Gasteiger partial charge in [-0.25, -0.2) is 0 Å². The molecule has 4 bridgehead atoms. The van der Waals surface area contributed by atoms with E-state index >= 15 is 0 Å². The fourth-order valence-electron chi connectivity index (χ4n) is 5.52. The monoisotopic (exact) mass is 376 g/mol. The first-order chi connectivity index (χ1) is 10.2. The number of fused-ring (bicyclic) bond motifs is 10. The van der Waals surface area contributed by atoms with E-state index in [1.807, 2.05) is 24.3 Å². The Balaban J connectivity index is 1.84. The summed E-state index contributed by atoms with van der Waals surface area (Å²) in [5.74, 6) is -1.74. The third-order valence-corrected chi connectivity index (χ3v) is 9.79. The molecule has 5 rings (SSSR count). The van der Waals surface area contributed by atoms with Gasteiger partial charge in [-0.2, -0.15) is 0 Å². The molecule has 116 valence electrons. The Labute approximate surface area is 147 Å². The van der Waals surface area contributed by atoms with Crippen molar-refractivity contribution >= 4 is 58.0 Å². The Morgan fingerprint density at radius 3 is 1.09 bits per heavy atom. The highest BCUT2D eigenvalue weighted by atomic mass is 35.5. The van der Waals surface area contributed by atoms with E-state index in [0.717, 1.165) is 0 Å². The van der Waals surface area contributed by atoms with Crippen LogP contribution < -0.4 is 0 Å². The van der Waals surface area contributed by atoms with Crippen molar-refractivity contribution in [1.82, 2.24) is 0 Å². The number of hydrogen-bond donors (Lipinski definition) is 0. The highest BCUT2D eigenvalue weighted by molar-refractivity contribution is 6.64. The van der Waals surface area contributed by atoms with Gasteiger partial charge in [-0.1, -0.05) is 24.3 Å². The van der Waals surface area contributed by atoms with Crippen LogP contribution in [0.15, 0.2) is 24.3 Å². The molecular weight excluding hydrogens is 366 g/mol. The van der Waals surface area contributed by atoms with Gasteiger partial charge < -0.3 is 0 Å². The molecule has 3 saturated carbocycles. The van der Waals surface area contributed by atoms with Crippen molar-refractivity contribution < 1.29 is 9.59 Å². The first kappa shape index (κ1) is 14.3. The number of alkyl halides is 4. The van der Waals surface area contributed by atoms with Gasteiger partial charge in [-0.05, 0) is 12.8 Å². The van der Waals surface area contributed by atoms with E-state index < -0.39 is 19.5 Å². The van der Waals surface area contributed by atoms with E-state index in [2.05, 4.69) is 0 Å². The Morgan fingerprint density at radius 2 is 0.864 bits per heavy atom. The van der Waals surface area contributed by atoms with Gasteiger partial charge in [0.2, 0.25) is 0 Å². The molecule has 8 atom stereocenters.